The molecule has 0 aliphatic heterocycles. The molecule has 0 N–H and O–H groups in total. The van der Waals surface area contributed by atoms with Gasteiger partial charge >= 0.3 is 11.0 Å². The van der Waals surface area contributed by atoms with Crippen molar-refractivity contribution in [3.63, 3.8) is 0 Å². The third kappa shape index (κ3) is 6.26. The molecule has 0 saturated carbocycles. The van der Waals surface area contributed by atoms with Crippen LogP contribution in [0.25, 0.3) is 0 Å². The van der Waals surface area contributed by atoms with Crippen molar-refractivity contribution in [3.05, 3.63) is 34.4 Å². The molecule has 1 aromatic carbocycles. The lowest BCUT2D eigenvalue weighted by atomic mass is 10.3. The number of halogens is 6. The number of nitro benzene ring substituents is 1. The summed E-state index contributed by atoms with van der Waals surface area (Å²) in [6.45, 7) is -3.24. The normalized spacial score (nSPS) is 14.0. The fourth-order valence-electron chi connectivity index (χ4n) is 1.99. The first kappa shape index (κ1) is 27.0. The van der Waals surface area contributed by atoms with E-state index in [1.807, 2.05) is 0 Å². The lowest BCUT2D eigenvalue weighted by molar-refractivity contribution is -0.387. The van der Waals surface area contributed by atoms with E-state index in [1.165, 1.54) is 0 Å². The second-order valence-electron chi connectivity index (χ2n) is 5.66. The molecule has 0 radical (unpaired) electrons. The van der Waals surface area contributed by atoms with Crippen molar-refractivity contribution in [1.29, 1.82) is 0 Å². The molecule has 10 nitrogen and oxygen atoms in total. The Balaban J connectivity index is 3.44. The van der Waals surface area contributed by atoms with Crippen molar-refractivity contribution in [2.75, 3.05) is 24.6 Å². The lowest BCUT2D eigenvalue weighted by Crippen LogP contribution is -2.42. The summed E-state index contributed by atoms with van der Waals surface area (Å²) in [5, 5.41) is 11.0. The van der Waals surface area contributed by atoms with Crippen molar-refractivity contribution in [2.45, 2.75) is 15.9 Å². The molecule has 0 aliphatic carbocycles. The number of benzene rings is 1. The molecule has 1 aromatic rings. The number of hydrogen-bond acceptors (Lipinski definition) is 8. The van der Waals surface area contributed by atoms with Gasteiger partial charge in [0.25, 0.3) is 5.69 Å². The van der Waals surface area contributed by atoms with Gasteiger partial charge in [0.2, 0.25) is 29.7 Å². The van der Waals surface area contributed by atoms with Crippen LogP contribution in [0.1, 0.15) is 0 Å². The van der Waals surface area contributed by atoms with Crippen LogP contribution in [-0.4, -0.2) is 70.1 Å². The Bertz CT molecular complexity index is 1100. The number of rotatable bonds is 9. The molecule has 0 aromatic heterocycles. The first-order valence-corrected chi connectivity index (χ1v) is 12.3. The number of nitro groups is 1. The maximum absolute atomic E-state index is 12.7. The van der Waals surface area contributed by atoms with Gasteiger partial charge in [0.15, 0.2) is 4.90 Å². The zero-order valence-electron chi connectivity index (χ0n) is 14.8. The van der Waals surface area contributed by atoms with Gasteiger partial charge in [0.1, 0.15) is 0 Å². The minimum absolute atomic E-state index is 0.304. The number of sulfonamides is 1. The van der Waals surface area contributed by atoms with Crippen molar-refractivity contribution >= 4 is 35.4 Å². The summed E-state index contributed by atoms with van der Waals surface area (Å²) < 4.78 is 145. The summed E-state index contributed by atoms with van der Waals surface area (Å²) >= 11 is 0. The molecular formula is C12H12F6N2O8S3. The quantitative estimate of drug-likeness (QED) is 0.269. The Kier molecular flexibility index (Phi) is 7.73. The van der Waals surface area contributed by atoms with Crippen LogP contribution in [0.15, 0.2) is 29.2 Å². The molecular weight excluding hydrogens is 510 g/mol. The van der Waals surface area contributed by atoms with Crippen LogP contribution >= 0.6 is 0 Å². The number of hydrogen-bond donors (Lipinski definition) is 0. The van der Waals surface area contributed by atoms with E-state index < -0.39 is 80.8 Å². The van der Waals surface area contributed by atoms with E-state index in [1.54, 1.807) is 0 Å². The Morgan fingerprint density at radius 2 is 1.19 bits per heavy atom. The fourth-order valence-corrected chi connectivity index (χ4v) is 5.21. The van der Waals surface area contributed by atoms with Crippen molar-refractivity contribution in [1.82, 2.24) is 4.31 Å². The number of alkyl halides is 6. The van der Waals surface area contributed by atoms with Crippen molar-refractivity contribution < 1.29 is 56.5 Å². The molecule has 0 fully saturated rings. The Morgan fingerprint density at radius 3 is 1.55 bits per heavy atom. The molecule has 0 atom stereocenters. The van der Waals surface area contributed by atoms with Gasteiger partial charge in [-0.05, 0) is 6.07 Å². The zero-order chi connectivity index (χ0) is 24.5. The maximum atomic E-state index is 12.7. The third-order valence-corrected chi connectivity index (χ3v) is 8.40. The topological polar surface area (TPSA) is 149 Å². The number of sulfone groups is 2. The van der Waals surface area contributed by atoms with Crippen LogP contribution in [-0.2, 0) is 29.7 Å². The van der Waals surface area contributed by atoms with Gasteiger partial charge in [-0.15, -0.1) is 0 Å². The highest BCUT2D eigenvalue weighted by atomic mass is 32.2. The molecule has 1 rings (SSSR count). The highest BCUT2D eigenvalue weighted by Crippen LogP contribution is 2.29. The predicted octanol–water partition coefficient (Wildman–Crippen LogP) is 1.45. The summed E-state index contributed by atoms with van der Waals surface area (Å²) in [5.74, 6) is -3.94. The largest absolute Gasteiger partial charge is 0.497 e. The molecule has 0 saturated heterocycles. The van der Waals surface area contributed by atoms with Crippen LogP contribution in [0.2, 0.25) is 0 Å². The first-order valence-electron chi connectivity index (χ1n) is 7.55. The highest BCUT2D eigenvalue weighted by Gasteiger charge is 2.48. The van der Waals surface area contributed by atoms with Gasteiger partial charge in [0, 0.05) is 19.2 Å². The molecule has 0 spiro atoms. The van der Waals surface area contributed by atoms with E-state index in [-0.39, 0.29) is 4.31 Å². The van der Waals surface area contributed by atoms with Gasteiger partial charge in [-0.1, -0.05) is 12.1 Å². The van der Waals surface area contributed by atoms with Gasteiger partial charge < -0.3 is 0 Å². The Morgan fingerprint density at radius 1 is 0.806 bits per heavy atom. The summed E-state index contributed by atoms with van der Waals surface area (Å²) in [6.07, 6.45) is 0. The van der Waals surface area contributed by atoms with E-state index in [0.717, 1.165) is 12.1 Å². The van der Waals surface area contributed by atoms with E-state index in [9.17, 15) is 61.7 Å². The molecule has 31 heavy (non-hydrogen) atoms. The van der Waals surface area contributed by atoms with Crippen molar-refractivity contribution in [2.24, 2.45) is 0 Å². The van der Waals surface area contributed by atoms with Crippen LogP contribution in [0, 0.1) is 10.1 Å². The predicted molar refractivity (Wildman–Crippen MR) is 91.5 cm³/mol. The van der Waals surface area contributed by atoms with Crippen LogP contribution < -0.4 is 0 Å². The van der Waals surface area contributed by atoms with Gasteiger partial charge in [-0.3, -0.25) is 10.1 Å². The molecule has 0 aliphatic rings. The summed E-state index contributed by atoms with van der Waals surface area (Å²) in [4.78, 5) is 8.62. The van der Waals surface area contributed by atoms with Crippen molar-refractivity contribution in [3.8, 4) is 0 Å². The highest BCUT2D eigenvalue weighted by molar-refractivity contribution is 7.93. The average molecular weight is 522 g/mol. The zero-order valence-corrected chi connectivity index (χ0v) is 17.2. The SMILES string of the molecule is O=[N+]([O-])c1ccccc1S(=O)(=O)N(CCS(=O)(=O)C(F)(F)F)CCS(=O)(=O)C(F)(F)F. The molecule has 0 heterocycles. The van der Waals surface area contributed by atoms with Crippen LogP contribution in [0.3, 0.4) is 0 Å². The molecule has 0 unspecified atom stereocenters. The van der Waals surface area contributed by atoms with Crippen LogP contribution in [0.4, 0.5) is 32.0 Å². The average Bonchev–Trinajstić information content (AvgIpc) is 2.59. The minimum Gasteiger partial charge on any atom is -0.258 e. The standard InChI is InChI=1S/C12H12F6N2O8S3/c13-11(14,15)29(23,24)7-5-19(6-8-30(25,26)12(16,17)18)31(27,28)10-4-2-1-3-9(10)20(21)22/h1-4H,5-8H2. The van der Waals surface area contributed by atoms with E-state index in [2.05, 4.69) is 0 Å². The monoisotopic (exact) mass is 522 g/mol. The fraction of sp³-hybridized carbons (Fsp3) is 0.500. The van der Waals surface area contributed by atoms with E-state index in [0.29, 0.717) is 12.1 Å². The first-order chi connectivity index (χ1) is 13.7. The second kappa shape index (κ2) is 8.87. The summed E-state index contributed by atoms with van der Waals surface area (Å²) in [5.41, 5.74) is -12.8. The minimum atomic E-state index is -5.96. The molecule has 0 bridgehead atoms. The lowest BCUT2D eigenvalue weighted by Gasteiger charge is -2.22. The van der Waals surface area contributed by atoms with Gasteiger partial charge in [-0.2, -0.15) is 30.6 Å². The Hall–Kier alpha value is -1.99. The number of para-hydroxylation sites is 1. The molecule has 178 valence electrons. The van der Waals surface area contributed by atoms with E-state index in [4.69, 9.17) is 0 Å². The van der Waals surface area contributed by atoms with E-state index >= 15 is 0 Å². The van der Waals surface area contributed by atoms with Gasteiger partial charge in [0.05, 0.1) is 16.4 Å². The molecule has 19 heteroatoms. The summed E-state index contributed by atoms with van der Waals surface area (Å²) in [6, 6.07) is 3.20. The second-order valence-corrected chi connectivity index (χ2v) is 11.8. The number of nitrogens with zero attached hydrogens (tertiary/aromatic N) is 2. The van der Waals surface area contributed by atoms with Gasteiger partial charge in [-0.25, -0.2) is 25.3 Å². The third-order valence-electron chi connectivity index (χ3n) is 3.60. The molecule has 0 amide bonds. The summed E-state index contributed by atoms with van der Waals surface area (Å²) in [7, 11) is -17.2. The van der Waals surface area contributed by atoms with Crippen LogP contribution in [0.5, 0.6) is 0 Å². The smallest absolute Gasteiger partial charge is 0.258 e. The maximum Gasteiger partial charge on any atom is 0.497 e. The Labute approximate surface area is 171 Å².